The highest BCUT2D eigenvalue weighted by Gasteiger charge is 2.22. The molecular weight excluding hydrogens is 550 g/mol. The normalized spacial score (nSPS) is 12.3. The number of benzene rings is 6. The molecule has 4 nitrogen and oxygen atoms in total. The van der Waals surface area contributed by atoms with Crippen molar-refractivity contribution in [2.24, 2.45) is 0 Å². The van der Waals surface area contributed by atoms with Gasteiger partial charge in [-0.2, -0.15) is 0 Å². The zero-order valence-corrected chi connectivity index (χ0v) is 23.1. The molecule has 10 rings (SSSR count). The Bertz CT molecular complexity index is 2580. The summed E-state index contributed by atoms with van der Waals surface area (Å²) in [6, 6.07) is 34.5. The summed E-state index contributed by atoms with van der Waals surface area (Å²) in [6.07, 6.45) is 3.66. The number of halogens is 2. The Morgan fingerprint density at radius 1 is 0.432 bits per heavy atom. The van der Waals surface area contributed by atoms with Crippen LogP contribution in [0.2, 0.25) is 0 Å². The van der Waals surface area contributed by atoms with E-state index < -0.39 is 0 Å². The lowest BCUT2D eigenvalue weighted by atomic mass is 9.91. The minimum Gasteiger partial charge on any atom is -0.308 e. The maximum absolute atomic E-state index is 13.9. The van der Waals surface area contributed by atoms with Crippen LogP contribution in [0.15, 0.2) is 122 Å². The number of hydrogen-bond acceptors (Lipinski definition) is 2. The van der Waals surface area contributed by atoms with Crippen LogP contribution in [-0.4, -0.2) is 19.1 Å². The van der Waals surface area contributed by atoms with Crippen molar-refractivity contribution in [1.29, 1.82) is 0 Å². The predicted molar refractivity (Wildman–Crippen MR) is 174 cm³/mol. The fraction of sp³-hybridized carbons (Fsp3) is 0. The second kappa shape index (κ2) is 8.36. The smallest absolute Gasteiger partial charge is 0.123 e. The van der Waals surface area contributed by atoms with Gasteiger partial charge < -0.3 is 9.13 Å². The van der Waals surface area contributed by atoms with Crippen LogP contribution < -0.4 is 0 Å². The van der Waals surface area contributed by atoms with Gasteiger partial charge in [-0.25, -0.2) is 8.78 Å². The summed E-state index contributed by atoms with van der Waals surface area (Å²) in [5, 5.41) is 8.97. The molecule has 0 aliphatic heterocycles. The molecule has 0 fully saturated rings. The Labute approximate surface area is 248 Å². The molecule has 0 atom stereocenters. The van der Waals surface area contributed by atoms with Crippen LogP contribution in [0, 0.1) is 11.6 Å². The Kier molecular flexibility index (Phi) is 4.49. The van der Waals surface area contributed by atoms with Gasteiger partial charge in [0.15, 0.2) is 0 Å². The predicted octanol–water partition coefficient (Wildman–Crippen LogP) is 9.85. The summed E-state index contributed by atoms with van der Waals surface area (Å²) in [5.41, 5.74) is 7.57. The number of aromatic nitrogens is 4. The van der Waals surface area contributed by atoms with E-state index in [9.17, 15) is 8.78 Å². The second-order valence-electron chi connectivity index (χ2n) is 11.3. The lowest BCUT2D eigenvalue weighted by Crippen LogP contribution is -1.95. The highest BCUT2D eigenvalue weighted by molar-refractivity contribution is 6.37. The first-order valence-corrected chi connectivity index (χ1v) is 14.5. The molecule has 6 aromatic carbocycles. The second-order valence-corrected chi connectivity index (χ2v) is 11.3. The molecule has 0 amide bonds. The first-order chi connectivity index (χ1) is 21.7. The van der Waals surface area contributed by atoms with Crippen molar-refractivity contribution in [1.82, 2.24) is 19.1 Å². The lowest BCUT2D eigenvalue weighted by molar-refractivity contribution is 0.627. The van der Waals surface area contributed by atoms with E-state index in [0.29, 0.717) is 0 Å². The number of nitrogens with zero attached hydrogens (tertiary/aromatic N) is 4. The fourth-order valence-corrected chi connectivity index (χ4v) is 7.31. The minimum absolute atomic E-state index is 0.267. The van der Waals surface area contributed by atoms with Crippen molar-refractivity contribution >= 4 is 76.2 Å². The molecule has 6 heteroatoms. The Hall–Kier alpha value is -5.88. The van der Waals surface area contributed by atoms with Crippen molar-refractivity contribution < 1.29 is 8.78 Å². The van der Waals surface area contributed by atoms with Gasteiger partial charge in [0.05, 0.1) is 33.1 Å². The largest absolute Gasteiger partial charge is 0.308 e. The average molecular weight is 571 g/mol. The first kappa shape index (κ1) is 23.7. The Balaban J connectivity index is 1.39. The van der Waals surface area contributed by atoms with E-state index in [1.807, 2.05) is 48.8 Å². The SMILES string of the molecule is Fc1ccc(-n2c3cccnc3c3c4ccc5cc6c(c7ccc(cc32)c4c57)c2ncccc2n6-c2ccc(F)cc2)cc1. The quantitative estimate of drug-likeness (QED) is 0.194. The highest BCUT2D eigenvalue weighted by Crippen LogP contribution is 2.46. The van der Waals surface area contributed by atoms with Gasteiger partial charge in [-0.05, 0) is 117 Å². The molecule has 0 spiro atoms. The zero-order valence-electron chi connectivity index (χ0n) is 23.1. The molecule has 0 aliphatic carbocycles. The minimum atomic E-state index is -0.267. The van der Waals surface area contributed by atoms with E-state index >= 15 is 0 Å². The summed E-state index contributed by atoms with van der Waals surface area (Å²) in [4.78, 5) is 9.71. The van der Waals surface area contributed by atoms with E-state index in [1.165, 1.54) is 35.0 Å². The fourth-order valence-electron chi connectivity index (χ4n) is 7.31. The van der Waals surface area contributed by atoms with Crippen molar-refractivity contribution in [3.8, 4) is 11.4 Å². The molecule has 10 aromatic rings. The topological polar surface area (TPSA) is 35.6 Å². The molecule has 0 unspecified atom stereocenters. The van der Waals surface area contributed by atoms with Gasteiger partial charge in [0, 0.05) is 34.5 Å². The van der Waals surface area contributed by atoms with Crippen LogP contribution in [0.5, 0.6) is 0 Å². The lowest BCUT2D eigenvalue weighted by Gasteiger charge is -2.15. The molecule has 0 radical (unpaired) electrons. The van der Waals surface area contributed by atoms with Crippen LogP contribution in [0.4, 0.5) is 8.78 Å². The van der Waals surface area contributed by atoms with E-state index in [4.69, 9.17) is 9.97 Å². The monoisotopic (exact) mass is 570 g/mol. The number of rotatable bonds is 2. The molecule has 44 heavy (non-hydrogen) atoms. The molecular formula is C38H20F2N4. The number of fused-ring (bicyclic) bond motifs is 8. The summed E-state index contributed by atoms with van der Waals surface area (Å²) in [6.45, 7) is 0. The first-order valence-electron chi connectivity index (χ1n) is 14.5. The van der Waals surface area contributed by atoms with Gasteiger partial charge in [-0.3, -0.25) is 9.97 Å². The van der Waals surface area contributed by atoms with Crippen molar-refractivity contribution in [3.05, 3.63) is 133 Å². The zero-order chi connectivity index (χ0) is 29.1. The van der Waals surface area contributed by atoms with Gasteiger partial charge in [0.2, 0.25) is 0 Å². The van der Waals surface area contributed by atoms with Crippen LogP contribution in [0.3, 0.4) is 0 Å². The van der Waals surface area contributed by atoms with Crippen LogP contribution >= 0.6 is 0 Å². The van der Waals surface area contributed by atoms with E-state index in [0.717, 1.165) is 76.8 Å². The number of pyridine rings is 2. The third-order valence-electron chi connectivity index (χ3n) is 9.04. The van der Waals surface area contributed by atoms with Crippen LogP contribution in [-0.2, 0) is 0 Å². The molecule has 0 aliphatic rings. The molecule has 4 aromatic heterocycles. The third kappa shape index (κ3) is 2.99. The summed E-state index contributed by atoms with van der Waals surface area (Å²) < 4.78 is 32.2. The average Bonchev–Trinajstić information content (AvgIpc) is 3.57. The highest BCUT2D eigenvalue weighted by atomic mass is 19.1. The van der Waals surface area contributed by atoms with Gasteiger partial charge >= 0.3 is 0 Å². The van der Waals surface area contributed by atoms with E-state index in [2.05, 4.69) is 57.7 Å². The Morgan fingerprint density at radius 2 is 0.864 bits per heavy atom. The van der Waals surface area contributed by atoms with Gasteiger partial charge in [0.1, 0.15) is 11.6 Å². The molecule has 0 saturated carbocycles. The van der Waals surface area contributed by atoms with Gasteiger partial charge in [-0.15, -0.1) is 0 Å². The maximum atomic E-state index is 13.9. The molecule has 4 heterocycles. The van der Waals surface area contributed by atoms with Crippen molar-refractivity contribution in [2.75, 3.05) is 0 Å². The molecule has 0 N–H and O–H groups in total. The van der Waals surface area contributed by atoms with Gasteiger partial charge in [-0.1, -0.05) is 24.3 Å². The van der Waals surface area contributed by atoms with Crippen LogP contribution in [0.25, 0.3) is 87.6 Å². The third-order valence-corrected chi connectivity index (χ3v) is 9.04. The molecule has 0 saturated heterocycles. The Morgan fingerprint density at radius 3 is 1.30 bits per heavy atom. The maximum Gasteiger partial charge on any atom is 0.123 e. The van der Waals surface area contributed by atoms with Gasteiger partial charge in [0.25, 0.3) is 0 Å². The number of hydrogen-bond donors (Lipinski definition) is 0. The van der Waals surface area contributed by atoms with Crippen LogP contribution in [0.1, 0.15) is 0 Å². The summed E-state index contributed by atoms with van der Waals surface area (Å²) in [7, 11) is 0. The van der Waals surface area contributed by atoms with E-state index in [-0.39, 0.29) is 11.6 Å². The molecule has 0 bridgehead atoms. The van der Waals surface area contributed by atoms with E-state index in [1.54, 1.807) is 0 Å². The summed E-state index contributed by atoms with van der Waals surface area (Å²) in [5.74, 6) is -0.534. The standard InChI is InChI=1S/C38H20F2N4/c39-23-7-11-25(12-8-23)43-29-3-1-17-41-37(29)35-27-15-5-22-20-32-36(28-16-6-21(19-31(35)43)33(27)34(22)28)38-30(4-2-18-42-38)44(32)26-13-9-24(40)10-14-26/h1-20H. The summed E-state index contributed by atoms with van der Waals surface area (Å²) >= 11 is 0. The van der Waals surface area contributed by atoms with Crippen molar-refractivity contribution in [2.45, 2.75) is 0 Å². The molecule has 206 valence electrons. The van der Waals surface area contributed by atoms with Crippen molar-refractivity contribution in [3.63, 3.8) is 0 Å².